The van der Waals surface area contributed by atoms with Crippen molar-refractivity contribution in [3.8, 4) is 0 Å². The van der Waals surface area contributed by atoms with E-state index in [1.54, 1.807) is 6.08 Å². The Morgan fingerprint density at radius 3 is 2.28 bits per heavy atom. The largest absolute Gasteiger partial charge is 0.481 e. The monoisotopic (exact) mass is 253 g/mol. The van der Waals surface area contributed by atoms with Crippen molar-refractivity contribution in [3.63, 3.8) is 0 Å². The summed E-state index contributed by atoms with van der Waals surface area (Å²) in [6.45, 7) is 1.56. The minimum absolute atomic E-state index is 0.391. The maximum Gasteiger partial charge on any atom is 0.318 e. The minimum Gasteiger partial charge on any atom is -0.481 e. The van der Waals surface area contributed by atoms with Crippen LogP contribution in [0.5, 0.6) is 0 Å². The van der Waals surface area contributed by atoms with Crippen LogP contribution in [-0.4, -0.2) is 52.0 Å². The first kappa shape index (κ1) is 12.8. The lowest BCUT2D eigenvalue weighted by molar-refractivity contribution is -0.160. The maximum atomic E-state index is 11.8. The molecule has 0 spiro atoms. The van der Waals surface area contributed by atoms with Gasteiger partial charge < -0.3 is 10.2 Å². The summed E-state index contributed by atoms with van der Waals surface area (Å²) in [6, 6.07) is -0.391. The summed E-state index contributed by atoms with van der Waals surface area (Å²) < 4.78 is 0. The number of carboxylic acid groups (broad SMARTS) is 2. The van der Waals surface area contributed by atoms with Crippen molar-refractivity contribution in [1.29, 1.82) is 0 Å². The van der Waals surface area contributed by atoms with Crippen molar-refractivity contribution < 1.29 is 24.6 Å². The smallest absolute Gasteiger partial charge is 0.318 e. The number of carbonyl (C=O) groups is 3. The van der Waals surface area contributed by atoms with Gasteiger partial charge in [0.25, 0.3) is 0 Å². The van der Waals surface area contributed by atoms with Gasteiger partial charge in [0.1, 0.15) is 0 Å². The highest BCUT2D eigenvalue weighted by molar-refractivity contribution is 6.04. The van der Waals surface area contributed by atoms with E-state index in [9.17, 15) is 14.4 Å². The van der Waals surface area contributed by atoms with Crippen LogP contribution in [0.3, 0.4) is 0 Å². The molecule has 0 aromatic heterocycles. The number of carboxylic acids is 2. The number of ketones is 1. The van der Waals surface area contributed by atoms with E-state index in [0.717, 1.165) is 25.9 Å². The molecule has 6 nitrogen and oxygen atoms in total. The maximum absolute atomic E-state index is 11.8. The Kier molecular flexibility index (Phi) is 3.47. The molecular formula is C12H15NO5. The molecule has 0 bridgehead atoms. The number of hydrogen-bond acceptors (Lipinski definition) is 4. The normalized spacial score (nSPS) is 28.2. The van der Waals surface area contributed by atoms with E-state index in [0.29, 0.717) is 0 Å². The average molecular weight is 253 g/mol. The number of aliphatic carboxylic acids is 2. The van der Waals surface area contributed by atoms with Gasteiger partial charge in [0.05, 0.1) is 5.92 Å². The van der Waals surface area contributed by atoms with Crippen LogP contribution >= 0.6 is 0 Å². The summed E-state index contributed by atoms with van der Waals surface area (Å²) in [5.41, 5.74) is 0. The molecule has 6 heteroatoms. The van der Waals surface area contributed by atoms with Gasteiger partial charge in [-0.3, -0.25) is 19.3 Å². The fraction of sp³-hybridized carbons (Fsp3) is 0.583. The third-order valence-corrected chi connectivity index (χ3v) is 3.61. The predicted octanol–water partition coefficient (Wildman–Crippen LogP) is -0.00870. The van der Waals surface area contributed by atoms with Gasteiger partial charge in [0.15, 0.2) is 11.7 Å². The van der Waals surface area contributed by atoms with Gasteiger partial charge in [-0.25, -0.2) is 0 Å². The Morgan fingerprint density at radius 2 is 1.78 bits per heavy atom. The lowest BCUT2D eigenvalue weighted by atomic mass is 9.86. The molecule has 2 rings (SSSR count). The third-order valence-electron chi connectivity index (χ3n) is 3.61. The molecule has 0 radical (unpaired) electrons. The van der Waals surface area contributed by atoms with E-state index in [-0.39, 0.29) is 0 Å². The lowest BCUT2D eigenvalue weighted by Gasteiger charge is -2.29. The highest BCUT2D eigenvalue weighted by atomic mass is 16.4. The standard InChI is InChI=1S/C12H15NO5/c14-8-4-3-7(13-5-1-2-6-13)9(8)10(11(15)16)12(17)18/h3-4,7,9-10H,1-2,5-6H2,(H,15,16)(H,17,18)/t7-,9+/m1/s1. The van der Waals surface area contributed by atoms with Crippen molar-refractivity contribution in [1.82, 2.24) is 4.90 Å². The zero-order chi connectivity index (χ0) is 13.3. The molecule has 18 heavy (non-hydrogen) atoms. The van der Waals surface area contributed by atoms with Crippen LogP contribution in [0, 0.1) is 11.8 Å². The van der Waals surface area contributed by atoms with Gasteiger partial charge in [-0.15, -0.1) is 0 Å². The van der Waals surface area contributed by atoms with Crippen molar-refractivity contribution in [3.05, 3.63) is 12.2 Å². The molecule has 0 unspecified atom stereocenters. The Hall–Kier alpha value is -1.69. The number of allylic oxidation sites excluding steroid dienone is 1. The number of hydrogen-bond donors (Lipinski definition) is 2. The first-order valence-electron chi connectivity index (χ1n) is 5.94. The van der Waals surface area contributed by atoms with E-state index in [4.69, 9.17) is 10.2 Å². The Balaban J connectivity index is 2.24. The second kappa shape index (κ2) is 4.89. The van der Waals surface area contributed by atoms with E-state index in [1.807, 2.05) is 4.90 Å². The summed E-state index contributed by atoms with van der Waals surface area (Å²) >= 11 is 0. The molecular weight excluding hydrogens is 238 g/mol. The predicted molar refractivity (Wildman–Crippen MR) is 61.0 cm³/mol. The van der Waals surface area contributed by atoms with Crippen molar-refractivity contribution in [2.45, 2.75) is 18.9 Å². The van der Waals surface area contributed by atoms with Gasteiger partial charge in [-0.05, 0) is 32.0 Å². The lowest BCUT2D eigenvalue weighted by Crippen LogP contribution is -2.45. The molecule has 1 fully saturated rings. The molecule has 2 aliphatic rings. The van der Waals surface area contributed by atoms with Gasteiger partial charge in [0, 0.05) is 6.04 Å². The molecule has 0 saturated carbocycles. The van der Waals surface area contributed by atoms with E-state index < -0.39 is 35.6 Å². The molecule has 1 saturated heterocycles. The van der Waals surface area contributed by atoms with Crippen LogP contribution in [0.1, 0.15) is 12.8 Å². The second-order valence-corrected chi connectivity index (χ2v) is 4.68. The van der Waals surface area contributed by atoms with Crippen LogP contribution in [0.2, 0.25) is 0 Å². The Morgan fingerprint density at radius 1 is 1.22 bits per heavy atom. The van der Waals surface area contributed by atoms with Gasteiger partial charge in [-0.2, -0.15) is 0 Å². The number of carbonyl (C=O) groups excluding carboxylic acids is 1. The minimum atomic E-state index is -1.67. The molecule has 1 heterocycles. The number of likely N-dealkylation sites (tertiary alicyclic amines) is 1. The van der Waals surface area contributed by atoms with Crippen LogP contribution < -0.4 is 0 Å². The summed E-state index contributed by atoms with van der Waals surface area (Å²) in [5.74, 6) is -5.97. The molecule has 2 atom stereocenters. The average Bonchev–Trinajstić information content (AvgIpc) is 2.88. The number of nitrogens with zero attached hydrogens (tertiary/aromatic N) is 1. The van der Waals surface area contributed by atoms with E-state index >= 15 is 0 Å². The summed E-state index contributed by atoms with van der Waals surface area (Å²) in [5, 5.41) is 18.0. The zero-order valence-electron chi connectivity index (χ0n) is 9.78. The molecule has 0 amide bonds. The summed E-state index contributed by atoms with van der Waals surface area (Å²) in [4.78, 5) is 35.9. The Labute approximate surface area is 104 Å². The fourth-order valence-corrected chi connectivity index (χ4v) is 2.76. The highest BCUT2D eigenvalue weighted by Crippen LogP contribution is 2.30. The first-order valence-corrected chi connectivity index (χ1v) is 5.94. The number of rotatable bonds is 4. The van der Waals surface area contributed by atoms with E-state index in [2.05, 4.69) is 0 Å². The third kappa shape index (κ3) is 2.15. The van der Waals surface area contributed by atoms with Crippen LogP contribution in [-0.2, 0) is 14.4 Å². The Bertz CT molecular complexity index is 397. The molecule has 2 N–H and O–H groups in total. The molecule has 1 aliphatic heterocycles. The van der Waals surface area contributed by atoms with Crippen molar-refractivity contribution >= 4 is 17.7 Å². The van der Waals surface area contributed by atoms with Crippen LogP contribution in [0.4, 0.5) is 0 Å². The molecule has 1 aliphatic carbocycles. The fourth-order valence-electron chi connectivity index (χ4n) is 2.76. The summed E-state index contributed by atoms with van der Waals surface area (Å²) in [7, 11) is 0. The molecule has 0 aromatic carbocycles. The van der Waals surface area contributed by atoms with Gasteiger partial charge in [-0.1, -0.05) is 6.08 Å². The zero-order valence-corrected chi connectivity index (χ0v) is 9.78. The van der Waals surface area contributed by atoms with Crippen LogP contribution in [0.15, 0.2) is 12.2 Å². The highest BCUT2D eigenvalue weighted by Gasteiger charge is 2.47. The SMILES string of the molecule is O=C(O)C(C(=O)O)[C@@H]1C(=O)C=C[C@H]1N1CCCC1. The quantitative estimate of drug-likeness (QED) is 0.684. The second-order valence-electron chi connectivity index (χ2n) is 4.68. The van der Waals surface area contributed by atoms with E-state index in [1.165, 1.54) is 6.08 Å². The van der Waals surface area contributed by atoms with Crippen molar-refractivity contribution in [2.24, 2.45) is 11.8 Å². The first-order chi connectivity index (χ1) is 8.52. The molecule has 98 valence electrons. The summed E-state index contributed by atoms with van der Waals surface area (Å²) in [6.07, 6.45) is 4.94. The van der Waals surface area contributed by atoms with Gasteiger partial charge in [0.2, 0.25) is 0 Å². The van der Waals surface area contributed by atoms with Crippen LogP contribution in [0.25, 0.3) is 0 Å². The van der Waals surface area contributed by atoms with Gasteiger partial charge >= 0.3 is 11.9 Å². The van der Waals surface area contributed by atoms with Crippen molar-refractivity contribution in [2.75, 3.05) is 13.1 Å². The topological polar surface area (TPSA) is 94.9 Å². The molecule has 0 aromatic rings.